The SMILES string of the molecule is c1cc2cc(OCc3cnoc3)ccc2[nH]1. The lowest BCUT2D eigenvalue weighted by molar-refractivity contribution is 0.305. The van der Waals surface area contributed by atoms with Gasteiger partial charge in [0, 0.05) is 22.7 Å². The zero-order valence-electron chi connectivity index (χ0n) is 8.51. The molecule has 0 spiro atoms. The molecule has 2 aromatic heterocycles. The highest BCUT2D eigenvalue weighted by atomic mass is 16.5. The van der Waals surface area contributed by atoms with E-state index in [1.807, 2.05) is 30.5 Å². The van der Waals surface area contributed by atoms with E-state index in [0.29, 0.717) is 6.61 Å². The highest BCUT2D eigenvalue weighted by Crippen LogP contribution is 2.20. The summed E-state index contributed by atoms with van der Waals surface area (Å²) in [5, 5.41) is 4.76. The summed E-state index contributed by atoms with van der Waals surface area (Å²) in [4.78, 5) is 3.14. The van der Waals surface area contributed by atoms with Gasteiger partial charge >= 0.3 is 0 Å². The van der Waals surface area contributed by atoms with E-state index >= 15 is 0 Å². The van der Waals surface area contributed by atoms with Crippen LogP contribution in [0.3, 0.4) is 0 Å². The third-order valence-corrected chi connectivity index (χ3v) is 2.41. The zero-order valence-corrected chi connectivity index (χ0v) is 8.51. The monoisotopic (exact) mass is 214 g/mol. The smallest absolute Gasteiger partial charge is 0.130 e. The van der Waals surface area contributed by atoms with Gasteiger partial charge in [-0.2, -0.15) is 0 Å². The van der Waals surface area contributed by atoms with Crippen molar-refractivity contribution in [1.82, 2.24) is 10.1 Å². The van der Waals surface area contributed by atoms with Crippen molar-refractivity contribution in [3.63, 3.8) is 0 Å². The van der Waals surface area contributed by atoms with E-state index in [2.05, 4.69) is 10.1 Å². The first kappa shape index (κ1) is 9.03. The molecule has 0 radical (unpaired) electrons. The Balaban J connectivity index is 1.78. The van der Waals surface area contributed by atoms with Crippen LogP contribution in [-0.2, 0) is 6.61 Å². The van der Waals surface area contributed by atoms with Gasteiger partial charge < -0.3 is 14.2 Å². The molecular weight excluding hydrogens is 204 g/mol. The number of nitrogens with zero attached hydrogens (tertiary/aromatic N) is 1. The maximum Gasteiger partial charge on any atom is 0.130 e. The van der Waals surface area contributed by atoms with E-state index in [1.54, 1.807) is 12.5 Å². The molecule has 0 aliphatic carbocycles. The Morgan fingerprint density at radius 2 is 2.31 bits per heavy atom. The number of hydrogen-bond acceptors (Lipinski definition) is 3. The minimum absolute atomic E-state index is 0.472. The first-order valence-electron chi connectivity index (χ1n) is 5.00. The lowest BCUT2D eigenvalue weighted by Crippen LogP contribution is -1.93. The van der Waals surface area contributed by atoms with Crippen molar-refractivity contribution >= 4 is 10.9 Å². The largest absolute Gasteiger partial charge is 0.489 e. The van der Waals surface area contributed by atoms with Gasteiger partial charge in [-0.25, -0.2) is 0 Å². The first-order chi connectivity index (χ1) is 7.92. The Hall–Kier alpha value is -2.23. The predicted octanol–water partition coefficient (Wildman–Crippen LogP) is 2.73. The summed E-state index contributed by atoms with van der Waals surface area (Å²) in [6.45, 7) is 0.472. The molecule has 0 amide bonds. The van der Waals surface area contributed by atoms with Crippen LogP contribution in [0.1, 0.15) is 5.56 Å². The zero-order chi connectivity index (χ0) is 10.8. The third-order valence-electron chi connectivity index (χ3n) is 2.41. The van der Waals surface area contributed by atoms with Crippen LogP contribution in [0.25, 0.3) is 10.9 Å². The second-order valence-corrected chi connectivity index (χ2v) is 3.55. The van der Waals surface area contributed by atoms with E-state index in [9.17, 15) is 0 Å². The van der Waals surface area contributed by atoms with Gasteiger partial charge in [-0.3, -0.25) is 0 Å². The number of fused-ring (bicyclic) bond motifs is 1. The van der Waals surface area contributed by atoms with Gasteiger partial charge in [0.05, 0.1) is 6.20 Å². The molecule has 0 unspecified atom stereocenters. The second-order valence-electron chi connectivity index (χ2n) is 3.55. The fourth-order valence-electron chi connectivity index (χ4n) is 1.59. The molecule has 16 heavy (non-hydrogen) atoms. The average Bonchev–Trinajstić information content (AvgIpc) is 2.97. The van der Waals surface area contributed by atoms with Crippen LogP contribution in [0.5, 0.6) is 5.75 Å². The predicted molar refractivity (Wildman–Crippen MR) is 59.1 cm³/mol. The Labute approximate surface area is 91.8 Å². The Morgan fingerprint density at radius 1 is 1.31 bits per heavy atom. The lowest BCUT2D eigenvalue weighted by atomic mass is 10.2. The summed E-state index contributed by atoms with van der Waals surface area (Å²) in [5.74, 6) is 0.841. The van der Waals surface area contributed by atoms with Gasteiger partial charge in [-0.1, -0.05) is 5.16 Å². The number of H-pyrrole nitrogens is 1. The number of aromatic amines is 1. The fraction of sp³-hybridized carbons (Fsp3) is 0.0833. The van der Waals surface area contributed by atoms with Crippen molar-refractivity contribution in [1.29, 1.82) is 0 Å². The number of ether oxygens (including phenoxy) is 1. The quantitative estimate of drug-likeness (QED) is 0.729. The Kier molecular flexibility index (Phi) is 2.11. The minimum atomic E-state index is 0.472. The van der Waals surface area contributed by atoms with Gasteiger partial charge in [0.1, 0.15) is 18.6 Å². The van der Waals surface area contributed by atoms with Crippen LogP contribution in [0.15, 0.2) is 47.4 Å². The number of benzene rings is 1. The van der Waals surface area contributed by atoms with Crippen molar-refractivity contribution in [2.75, 3.05) is 0 Å². The minimum Gasteiger partial charge on any atom is -0.489 e. The summed E-state index contributed by atoms with van der Waals surface area (Å²) in [6, 6.07) is 7.95. The standard InChI is InChI=1S/C12H10N2O2/c1-2-12-10(3-4-13-12)5-11(1)15-7-9-6-14-16-8-9/h1-6,8,13H,7H2. The van der Waals surface area contributed by atoms with Crippen LogP contribution in [0, 0.1) is 0 Å². The van der Waals surface area contributed by atoms with Crippen LogP contribution in [0.4, 0.5) is 0 Å². The number of nitrogens with one attached hydrogen (secondary N) is 1. The van der Waals surface area contributed by atoms with Crippen LogP contribution >= 0.6 is 0 Å². The summed E-state index contributed by atoms with van der Waals surface area (Å²) >= 11 is 0. The number of rotatable bonds is 3. The lowest BCUT2D eigenvalue weighted by Gasteiger charge is -2.03. The van der Waals surface area contributed by atoms with Crippen molar-refractivity contribution in [2.24, 2.45) is 0 Å². The molecule has 0 aliphatic heterocycles. The summed E-state index contributed by atoms with van der Waals surface area (Å²) in [7, 11) is 0. The van der Waals surface area contributed by atoms with E-state index < -0.39 is 0 Å². The molecular formula is C12H10N2O2. The highest BCUT2D eigenvalue weighted by molar-refractivity contribution is 5.80. The third kappa shape index (κ3) is 1.65. The Morgan fingerprint density at radius 3 is 3.19 bits per heavy atom. The van der Waals surface area contributed by atoms with Crippen molar-refractivity contribution in [3.05, 3.63) is 48.5 Å². The molecule has 0 fully saturated rings. The Bertz CT molecular complexity index is 584. The molecule has 1 aromatic carbocycles. The van der Waals surface area contributed by atoms with Gasteiger partial charge in [-0.05, 0) is 24.3 Å². The van der Waals surface area contributed by atoms with Gasteiger partial charge in [0.2, 0.25) is 0 Å². The summed E-state index contributed by atoms with van der Waals surface area (Å²) in [6.07, 6.45) is 5.14. The second kappa shape index (κ2) is 3.73. The topological polar surface area (TPSA) is 51.1 Å². The average molecular weight is 214 g/mol. The van der Waals surface area contributed by atoms with E-state index in [-0.39, 0.29) is 0 Å². The normalized spacial score (nSPS) is 10.8. The molecule has 0 saturated heterocycles. The molecule has 80 valence electrons. The molecule has 2 heterocycles. The van der Waals surface area contributed by atoms with Crippen LogP contribution in [0.2, 0.25) is 0 Å². The molecule has 4 heteroatoms. The molecule has 4 nitrogen and oxygen atoms in total. The molecule has 0 aliphatic rings. The van der Waals surface area contributed by atoms with Crippen LogP contribution < -0.4 is 4.74 Å². The number of aromatic nitrogens is 2. The maximum atomic E-state index is 5.61. The molecule has 1 N–H and O–H groups in total. The maximum absolute atomic E-state index is 5.61. The fourth-order valence-corrected chi connectivity index (χ4v) is 1.59. The first-order valence-corrected chi connectivity index (χ1v) is 5.00. The van der Waals surface area contributed by atoms with Crippen LogP contribution in [-0.4, -0.2) is 10.1 Å². The van der Waals surface area contributed by atoms with Gasteiger partial charge in [0.15, 0.2) is 0 Å². The highest BCUT2D eigenvalue weighted by Gasteiger charge is 2.00. The van der Waals surface area contributed by atoms with Gasteiger partial charge in [-0.15, -0.1) is 0 Å². The summed E-state index contributed by atoms with van der Waals surface area (Å²) < 4.78 is 10.3. The van der Waals surface area contributed by atoms with Gasteiger partial charge in [0.25, 0.3) is 0 Å². The molecule has 3 rings (SSSR count). The summed E-state index contributed by atoms with van der Waals surface area (Å²) in [5.41, 5.74) is 2.03. The van der Waals surface area contributed by atoms with E-state index in [4.69, 9.17) is 9.26 Å². The molecule has 0 saturated carbocycles. The van der Waals surface area contributed by atoms with Crippen molar-refractivity contribution < 1.29 is 9.26 Å². The van der Waals surface area contributed by atoms with Crippen molar-refractivity contribution in [2.45, 2.75) is 6.61 Å². The number of hydrogen-bond donors (Lipinski definition) is 1. The molecule has 0 bridgehead atoms. The van der Waals surface area contributed by atoms with E-state index in [0.717, 1.165) is 22.2 Å². The van der Waals surface area contributed by atoms with Crippen molar-refractivity contribution in [3.8, 4) is 5.75 Å². The van der Waals surface area contributed by atoms with E-state index in [1.165, 1.54) is 0 Å². The molecule has 0 atom stereocenters. The molecule has 3 aromatic rings.